The second-order valence-corrected chi connectivity index (χ2v) is 6.03. The lowest BCUT2D eigenvalue weighted by molar-refractivity contribution is 0.0693. The van der Waals surface area contributed by atoms with Gasteiger partial charge in [-0.25, -0.2) is 4.79 Å². The summed E-state index contributed by atoms with van der Waals surface area (Å²) < 4.78 is 5.07. The molecule has 0 atom stereocenters. The predicted molar refractivity (Wildman–Crippen MR) is 95.2 cm³/mol. The summed E-state index contributed by atoms with van der Waals surface area (Å²) >= 11 is 6.15. The number of aromatic carboxylic acids is 1. The van der Waals surface area contributed by atoms with Crippen LogP contribution in [0.5, 0.6) is 5.75 Å². The Morgan fingerprint density at radius 1 is 1.39 bits per heavy atom. The molecule has 7 heteroatoms. The van der Waals surface area contributed by atoms with Gasteiger partial charge in [-0.1, -0.05) is 18.0 Å². The number of ether oxygens (including phenoxy) is 1. The summed E-state index contributed by atoms with van der Waals surface area (Å²) in [5, 5.41) is 9.47. The Kier molecular flexibility index (Phi) is 7.95. The lowest BCUT2D eigenvalue weighted by Gasteiger charge is -2.26. The summed E-state index contributed by atoms with van der Waals surface area (Å²) in [6, 6.07) is 1.58. The van der Waals surface area contributed by atoms with E-state index in [4.69, 9.17) is 22.1 Å². The van der Waals surface area contributed by atoms with Crippen molar-refractivity contribution in [3.63, 3.8) is 0 Å². The van der Waals surface area contributed by atoms with Gasteiger partial charge in [0.05, 0.1) is 12.8 Å². The highest BCUT2D eigenvalue weighted by Crippen LogP contribution is 2.37. The van der Waals surface area contributed by atoms with Crippen LogP contribution in [0.2, 0.25) is 5.02 Å². The molecule has 1 aromatic rings. The van der Waals surface area contributed by atoms with Crippen LogP contribution in [-0.4, -0.2) is 42.7 Å². The molecule has 3 N–H and O–H groups in total. The van der Waals surface area contributed by atoms with Crippen LogP contribution in [0.4, 0.5) is 5.69 Å². The van der Waals surface area contributed by atoms with Crippen LogP contribution in [0.15, 0.2) is 6.07 Å². The van der Waals surface area contributed by atoms with E-state index in [0.29, 0.717) is 12.1 Å². The summed E-state index contributed by atoms with van der Waals surface area (Å²) in [5.74, 6) is -0.928. The highest BCUT2D eigenvalue weighted by atomic mass is 35.5. The molecule has 2 rings (SSSR count). The molecule has 130 valence electrons. The van der Waals surface area contributed by atoms with Gasteiger partial charge < -0.3 is 20.5 Å². The van der Waals surface area contributed by atoms with Gasteiger partial charge in [0.15, 0.2) is 5.75 Å². The first kappa shape index (κ1) is 19.9. The van der Waals surface area contributed by atoms with Gasteiger partial charge in [-0.15, -0.1) is 12.4 Å². The maximum Gasteiger partial charge on any atom is 0.339 e. The number of rotatable bonds is 6. The third-order valence-corrected chi connectivity index (χ3v) is 4.52. The van der Waals surface area contributed by atoms with E-state index in [1.807, 2.05) is 0 Å². The summed E-state index contributed by atoms with van der Waals surface area (Å²) in [6.07, 6.45) is 5.50. The first-order valence-electron chi connectivity index (χ1n) is 7.65. The number of methoxy groups -OCH3 is 1. The summed E-state index contributed by atoms with van der Waals surface area (Å²) in [6.45, 7) is 3.31. The Balaban J connectivity index is 0.00000264. The van der Waals surface area contributed by atoms with E-state index in [1.54, 1.807) is 6.07 Å². The largest absolute Gasteiger partial charge is 0.494 e. The number of anilines is 1. The third-order valence-electron chi connectivity index (χ3n) is 4.15. The fourth-order valence-electron chi connectivity index (χ4n) is 2.94. The SMILES string of the molecule is COc1c(C(=O)O)cc(CCCN2CCCCC2)c(N)c1Cl.Cl. The fraction of sp³-hybridized carbons (Fsp3) is 0.562. The topological polar surface area (TPSA) is 75.8 Å². The van der Waals surface area contributed by atoms with E-state index in [9.17, 15) is 9.90 Å². The highest BCUT2D eigenvalue weighted by Gasteiger charge is 2.20. The second kappa shape index (κ2) is 9.21. The standard InChI is InChI=1S/C16H23ClN2O3.ClH/c1-22-15-12(16(20)21)10-11(14(18)13(15)17)6-5-9-19-7-3-2-4-8-19;/h10H,2-9,18H2,1H3,(H,20,21);1H. The molecule has 1 saturated heterocycles. The lowest BCUT2D eigenvalue weighted by Crippen LogP contribution is -2.30. The number of piperidine rings is 1. The number of nitrogens with zero attached hydrogens (tertiary/aromatic N) is 1. The summed E-state index contributed by atoms with van der Waals surface area (Å²) in [5.41, 5.74) is 7.29. The minimum absolute atomic E-state index is 0. The molecular weight excluding hydrogens is 339 g/mol. The van der Waals surface area contributed by atoms with Gasteiger partial charge in [0.2, 0.25) is 0 Å². The zero-order valence-corrected chi connectivity index (χ0v) is 14.9. The summed E-state index contributed by atoms with van der Waals surface area (Å²) in [7, 11) is 1.39. The minimum atomic E-state index is -1.06. The number of nitrogen functional groups attached to an aromatic ring is 1. The van der Waals surface area contributed by atoms with Crippen LogP contribution in [0, 0.1) is 0 Å². The summed E-state index contributed by atoms with van der Waals surface area (Å²) in [4.78, 5) is 13.8. The van der Waals surface area contributed by atoms with Crippen LogP contribution in [0.25, 0.3) is 0 Å². The predicted octanol–water partition coefficient (Wildman–Crippen LogP) is 3.47. The second-order valence-electron chi connectivity index (χ2n) is 5.66. The fourth-order valence-corrected chi connectivity index (χ4v) is 3.24. The number of likely N-dealkylation sites (tertiary alicyclic amines) is 1. The van der Waals surface area contributed by atoms with E-state index < -0.39 is 5.97 Å². The number of hydrogen-bond donors (Lipinski definition) is 2. The molecule has 1 aliphatic heterocycles. The number of benzene rings is 1. The molecular formula is C16H24Cl2N2O3. The van der Waals surface area contributed by atoms with Crippen molar-refractivity contribution < 1.29 is 14.6 Å². The molecule has 0 amide bonds. The van der Waals surface area contributed by atoms with E-state index in [0.717, 1.165) is 31.6 Å². The van der Waals surface area contributed by atoms with Crippen molar-refractivity contribution in [2.45, 2.75) is 32.1 Å². The van der Waals surface area contributed by atoms with Crippen molar-refractivity contribution in [2.75, 3.05) is 32.5 Å². The van der Waals surface area contributed by atoms with E-state index >= 15 is 0 Å². The number of halogens is 2. The molecule has 0 saturated carbocycles. The molecule has 0 spiro atoms. The van der Waals surface area contributed by atoms with E-state index in [2.05, 4.69) is 4.90 Å². The van der Waals surface area contributed by atoms with Gasteiger partial charge in [0.1, 0.15) is 10.6 Å². The number of nitrogens with two attached hydrogens (primary N) is 1. The Morgan fingerprint density at radius 2 is 2.04 bits per heavy atom. The van der Waals surface area contributed by atoms with Gasteiger partial charge in [-0.2, -0.15) is 0 Å². The van der Waals surface area contributed by atoms with Crippen LogP contribution in [0.3, 0.4) is 0 Å². The molecule has 0 bridgehead atoms. The Labute approximate surface area is 148 Å². The zero-order chi connectivity index (χ0) is 16.1. The van der Waals surface area contributed by atoms with Crippen LogP contribution >= 0.6 is 24.0 Å². The van der Waals surface area contributed by atoms with E-state index in [1.165, 1.54) is 26.4 Å². The van der Waals surface area contributed by atoms with E-state index in [-0.39, 0.29) is 28.7 Å². The maximum atomic E-state index is 11.3. The zero-order valence-electron chi connectivity index (χ0n) is 13.3. The molecule has 0 aromatic heterocycles. The average molecular weight is 363 g/mol. The van der Waals surface area contributed by atoms with Gasteiger partial charge in [0, 0.05) is 0 Å². The molecule has 5 nitrogen and oxygen atoms in total. The number of aryl methyl sites for hydroxylation is 1. The molecule has 1 aliphatic rings. The van der Waals surface area contributed by atoms with Crippen molar-refractivity contribution in [3.8, 4) is 5.75 Å². The number of carboxylic acids is 1. The minimum Gasteiger partial charge on any atom is -0.494 e. The van der Waals surface area contributed by atoms with Gasteiger partial charge in [-0.3, -0.25) is 0 Å². The molecule has 0 aliphatic carbocycles. The maximum absolute atomic E-state index is 11.3. The smallest absolute Gasteiger partial charge is 0.339 e. The van der Waals surface area contributed by atoms with Crippen LogP contribution in [-0.2, 0) is 6.42 Å². The molecule has 1 heterocycles. The van der Waals surface area contributed by atoms with Crippen molar-refractivity contribution in [3.05, 3.63) is 22.2 Å². The average Bonchev–Trinajstić information content (AvgIpc) is 2.52. The number of carboxylic acid groups (broad SMARTS) is 1. The first-order valence-corrected chi connectivity index (χ1v) is 8.03. The van der Waals surface area contributed by atoms with Crippen LogP contribution in [0.1, 0.15) is 41.6 Å². The van der Waals surface area contributed by atoms with Crippen LogP contribution < -0.4 is 10.5 Å². The first-order chi connectivity index (χ1) is 10.5. The van der Waals surface area contributed by atoms with Crippen molar-refractivity contribution in [2.24, 2.45) is 0 Å². The van der Waals surface area contributed by atoms with Gasteiger partial charge in [-0.05, 0) is 56.9 Å². The van der Waals surface area contributed by atoms with Gasteiger partial charge in [0.25, 0.3) is 0 Å². The Morgan fingerprint density at radius 3 is 2.61 bits per heavy atom. The molecule has 1 aromatic carbocycles. The lowest BCUT2D eigenvalue weighted by atomic mass is 10.0. The van der Waals surface area contributed by atoms with Crippen molar-refractivity contribution in [1.29, 1.82) is 0 Å². The number of hydrogen-bond acceptors (Lipinski definition) is 4. The molecule has 1 fully saturated rings. The molecule has 23 heavy (non-hydrogen) atoms. The van der Waals surface area contributed by atoms with Gasteiger partial charge >= 0.3 is 5.97 Å². The quantitative estimate of drug-likeness (QED) is 0.757. The Bertz CT molecular complexity index is 547. The third kappa shape index (κ3) is 4.90. The highest BCUT2D eigenvalue weighted by molar-refractivity contribution is 6.35. The monoisotopic (exact) mass is 362 g/mol. The normalized spacial score (nSPS) is 15.0. The molecule has 0 unspecified atom stereocenters. The van der Waals surface area contributed by atoms with Crippen molar-refractivity contribution >= 4 is 35.7 Å². The molecule has 0 radical (unpaired) electrons. The number of carbonyl (C=O) groups is 1. The Hall–Kier alpha value is -1.17. The van der Waals surface area contributed by atoms with Crippen molar-refractivity contribution in [1.82, 2.24) is 4.90 Å².